The van der Waals surface area contributed by atoms with Gasteiger partial charge in [0.2, 0.25) is 0 Å². The standard InChI is InChI=1S/C22H16ClFN6O/c23-16-9-13(1-3-17(16)24)11-26-20-5-6-21-27-12-19(30(21)29-20)22(31)28-15-2-4-18-14(10-15)7-8-25-18/h1-10,12,25H,11H2,(H,26,29)(H,28,31). The zero-order valence-electron chi connectivity index (χ0n) is 16.1. The minimum absolute atomic E-state index is 0.0640. The van der Waals surface area contributed by atoms with E-state index in [1.807, 2.05) is 30.5 Å². The topological polar surface area (TPSA) is 87.1 Å². The molecule has 0 spiro atoms. The first kappa shape index (κ1) is 19.1. The van der Waals surface area contributed by atoms with E-state index in [2.05, 4.69) is 25.7 Å². The lowest BCUT2D eigenvalue weighted by Gasteiger charge is -2.08. The van der Waals surface area contributed by atoms with Crippen molar-refractivity contribution in [1.29, 1.82) is 0 Å². The van der Waals surface area contributed by atoms with E-state index in [-0.39, 0.29) is 10.9 Å². The number of hydrogen-bond acceptors (Lipinski definition) is 4. The zero-order valence-corrected chi connectivity index (χ0v) is 16.8. The van der Waals surface area contributed by atoms with E-state index in [0.29, 0.717) is 29.4 Å². The molecule has 0 aliphatic rings. The predicted octanol–water partition coefficient (Wildman–Crippen LogP) is 4.87. The van der Waals surface area contributed by atoms with Gasteiger partial charge in [0.1, 0.15) is 11.6 Å². The predicted molar refractivity (Wildman–Crippen MR) is 118 cm³/mol. The monoisotopic (exact) mass is 434 g/mol. The number of benzene rings is 2. The van der Waals surface area contributed by atoms with Crippen molar-refractivity contribution in [2.24, 2.45) is 0 Å². The average Bonchev–Trinajstić information content (AvgIpc) is 3.40. The molecule has 0 aliphatic carbocycles. The molecule has 0 bridgehead atoms. The number of H-pyrrole nitrogens is 1. The molecule has 0 saturated carbocycles. The van der Waals surface area contributed by atoms with Crippen molar-refractivity contribution in [2.45, 2.75) is 6.54 Å². The third-order valence-corrected chi connectivity index (χ3v) is 5.15. The summed E-state index contributed by atoms with van der Waals surface area (Å²) < 4.78 is 14.8. The lowest BCUT2D eigenvalue weighted by atomic mass is 10.2. The number of imidazole rings is 1. The molecule has 7 nitrogen and oxygen atoms in total. The van der Waals surface area contributed by atoms with Gasteiger partial charge >= 0.3 is 0 Å². The van der Waals surface area contributed by atoms with E-state index < -0.39 is 5.82 Å². The molecule has 2 aromatic carbocycles. The van der Waals surface area contributed by atoms with Crippen molar-refractivity contribution in [3.8, 4) is 0 Å². The molecule has 0 radical (unpaired) electrons. The number of nitrogens with zero attached hydrogens (tertiary/aromatic N) is 3. The number of carbonyl (C=O) groups excluding carboxylic acids is 1. The van der Waals surface area contributed by atoms with Crippen LogP contribution < -0.4 is 10.6 Å². The van der Waals surface area contributed by atoms with Crippen LogP contribution in [-0.2, 0) is 6.54 Å². The third-order valence-electron chi connectivity index (χ3n) is 4.86. The number of amides is 1. The summed E-state index contributed by atoms with van der Waals surface area (Å²) in [5.41, 5.74) is 3.32. The quantitative estimate of drug-likeness (QED) is 0.368. The summed E-state index contributed by atoms with van der Waals surface area (Å²) in [4.78, 5) is 20.2. The van der Waals surface area contributed by atoms with Gasteiger partial charge in [-0.05, 0) is 54.1 Å². The Labute approximate surface area is 180 Å². The Morgan fingerprint density at radius 3 is 2.90 bits per heavy atom. The Morgan fingerprint density at radius 2 is 2.03 bits per heavy atom. The molecule has 154 valence electrons. The van der Waals surface area contributed by atoms with Gasteiger partial charge in [0.05, 0.1) is 11.2 Å². The highest BCUT2D eigenvalue weighted by atomic mass is 35.5. The van der Waals surface area contributed by atoms with Crippen LogP contribution in [0.5, 0.6) is 0 Å². The number of nitrogens with one attached hydrogen (secondary N) is 3. The molecule has 0 saturated heterocycles. The van der Waals surface area contributed by atoms with Crippen LogP contribution in [0.2, 0.25) is 5.02 Å². The molecule has 0 aliphatic heterocycles. The average molecular weight is 435 g/mol. The lowest BCUT2D eigenvalue weighted by molar-refractivity contribution is 0.102. The van der Waals surface area contributed by atoms with Gasteiger partial charge in [-0.1, -0.05) is 17.7 Å². The molecule has 31 heavy (non-hydrogen) atoms. The number of fused-ring (bicyclic) bond motifs is 2. The molecular formula is C22H16ClFN6O. The fourth-order valence-corrected chi connectivity index (χ4v) is 3.49. The molecule has 5 rings (SSSR count). The van der Waals surface area contributed by atoms with Gasteiger partial charge in [0.25, 0.3) is 5.91 Å². The Kier molecular flexibility index (Phi) is 4.76. The summed E-state index contributed by atoms with van der Waals surface area (Å²) in [6.07, 6.45) is 3.33. The minimum atomic E-state index is -0.463. The van der Waals surface area contributed by atoms with Crippen LogP contribution in [0, 0.1) is 5.82 Å². The van der Waals surface area contributed by atoms with Gasteiger partial charge in [0.15, 0.2) is 11.3 Å². The second kappa shape index (κ2) is 7.73. The molecule has 3 aromatic heterocycles. The van der Waals surface area contributed by atoms with Crippen LogP contribution in [0.4, 0.5) is 15.9 Å². The zero-order chi connectivity index (χ0) is 21.4. The first-order valence-electron chi connectivity index (χ1n) is 9.48. The van der Waals surface area contributed by atoms with Crippen molar-refractivity contribution >= 4 is 45.6 Å². The van der Waals surface area contributed by atoms with Gasteiger partial charge in [-0.25, -0.2) is 13.9 Å². The molecule has 3 heterocycles. The molecule has 9 heteroatoms. The van der Waals surface area contributed by atoms with E-state index in [9.17, 15) is 9.18 Å². The van der Waals surface area contributed by atoms with E-state index >= 15 is 0 Å². The number of hydrogen-bond donors (Lipinski definition) is 3. The fraction of sp³-hybridized carbons (Fsp3) is 0.0455. The first-order valence-corrected chi connectivity index (χ1v) is 9.86. The normalized spacial score (nSPS) is 11.2. The number of aromatic nitrogens is 4. The third kappa shape index (κ3) is 3.80. The van der Waals surface area contributed by atoms with Crippen LogP contribution in [0.1, 0.15) is 16.1 Å². The van der Waals surface area contributed by atoms with E-state index in [1.165, 1.54) is 16.8 Å². The van der Waals surface area contributed by atoms with Gasteiger partial charge in [-0.3, -0.25) is 4.79 Å². The largest absolute Gasteiger partial charge is 0.365 e. The Bertz CT molecular complexity index is 1430. The number of aromatic amines is 1. The molecule has 3 N–H and O–H groups in total. The van der Waals surface area contributed by atoms with E-state index in [0.717, 1.165) is 16.5 Å². The van der Waals surface area contributed by atoms with Crippen molar-refractivity contribution in [3.05, 3.63) is 89.1 Å². The summed E-state index contributed by atoms with van der Waals surface area (Å²) in [5.74, 6) is -0.249. The van der Waals surface area contributed by atoms with E-state index in [1.54, 1.807) is 24.3 Å². The van der Waals surface area contributed by atoms with Gasteiger partial charge in [0, 0.05) is 29.3 Å². The summed E-state index contributed by atoms with van der Waals surface area (Å²) in [6, 6.07) is 15.6. The number of rotatable bonds is 5. The van der Waals surface area contributed by atoms with Crippen molar-refractivity contribution in [3.63, 3.8) is 0 Å². The molecular weight excluding hydrogens is 419 g/mol. The number of carbonyl (C=O) groups is 1. The highest BCUT2D eigenvalue weighted by Gasteiger charge is 2.14. The summed E-state index contributed by atoms with van der Waals surface area (Å²) in [6.45, 7) is 0.394. The van der Waals surface area contributed by atoms with Crippen LogP contribution in [0.3, 0.4) is 0 Å². The van der Waals surface area contributed by atoms with Crippen LogP contribution >= 0.6 is 11.6 Å². The van der Waals surface area contributed by atoms with Gasteiger partial charge in [-0.15, -0.1) is 5.10 Å². The molecule has 0 unspecified atom stereocenters. The highest BCUT2D eigenvalue weighted by Crippen LogP contribution is 2.20. The molecule has 1 amide bonds. The molecule has 0 atom stereocenters. The van der Waals surface area contributed by atoms with Crippen molar-refractivity contribution in [2.75, 3.05) is 10.6 Å². The Hall–Kier alpha value is -3.91. The maximum atomic E-state index is 13.3. The van der Waals surface area contributed by atoms with Crippen molar-refractivity contribution < 1.29 is 9.18 Å². The second-order valence-electron chi connectivity index (χ2n) is 6.97. The van der Waals surface area contributed by atoms with Crippen LogP contribution in [-0.4, -0.2) is 25.5 Å². The van der Waals surface area contributed by atoms with Gasteiger partial charge < -0.3 is 15.6 Å². The highest BCUT2D eigenvalue weighted by molar-refractivity contribution is 6.30. The SMILES string of the molecule is O=C(Nc1ccc2[nH]ccc2c1)c1cnc2ccc(NCc3ccc(F)c(Cl)c3)nn12. The lowest BCUT2D eigenvalue weighted by Crippen LogP contribution is -2.16. The van der Waals surface area contributed by atoms with Crippen LogP contribution in [0.25, 0.3) is 16.6 Å². The second-order valence-corrected chi connectivity index (χ2v) is 7.38. The van der Waals surface area contributed by atoms with E-state index in [4.69, 9.17) is 11.6 Å². The Balaban J connectivity index is 1.36. The maximum Gasteiger partial charge on any atom is 0.276 e. The summed E-state index contributed by atoms with van der Waals surface area (Å²) >= 11 is 5.83. The smallest absolute Gasteiger partial charge is 0.276 e. The number of anilines is 2. The maximum absolute atomic E-state index is 13.3. The van der Waals surface area contributed by atoms with Gasteiger partial charge in [-0.2, -0.15) is 0 Å². The first-order chi connectivity index (χ1) is 15.1. The van der Waals surface area contributed by atoms with Crippen LogP contribution in [0.15, 0.2) is 67.0 Å². The summed E-state index contributed by atoms with van der Waals surface area (Å²) in [7, 11) is 0. The molecule has 0 fully saturated rings. The minimum Gasteiger partial charge on any atom is -0.365 e. The number of halogens is 2. The fourth-order valence-electron chi connectivity index (χ4n) is 3.29. The Morgan fingerprint density at radius 1 is 1.13 bits per heavy atom. The summed E-state index contributed by atoms with van der Waals surface area (Å²) in [5, 5.41) is 11.6. The molecule has 5 aromatic rings. The van der Waals surface area contributed by atoms with Crippen molar-refractivity contribution in [1.82, 2.24) is 19.6 Å².